The molecule has 7 nitrogen and oxygen atoms in total. The summed E-state index contributed by atoms with van der Waals surface area (Å²) in [6.45, 7) is 2.55. The van der Waals surface area contributed by atoms with Crippen molar-refractivity contribution >= 4 is 45.1 Å². The highest BCUT2D eigenvalue weighted by Gasteiger charge is 2.12. The molecule has 0 aliphatic heterocycles. The summed E-state index contributed by atoms with van der Waals surface area (Å²) < 4.78 is 12.2. The Balaban J connectivity index is 1.43. The van der Waals surface area contributed by atoms with Crippen molar-refractivity contribution < 1.29 is 19.1 Å². The summed E-state index contributed by atoms with van der Waals surface area (Å²) >= 11 is 8.57. The molecule has 0 aliphatic carbocycles. The number of hydrogen-bond acceptors (Lipinski definition) is 5. The molecule has 0 aromatic heterocycles. The van der Waals surface area contributed by atoms with Crippen LogP contribution in [0.5, 0.6) is 11.5 Å². The SMILES string of the molecule is CCCCCCOc1ccc(C(=O)NC(=S)NNC(=O)COc2ccccc2-c2ccccc2)cc1Br. The van der Waals surface area contributed by atoms with Crippen LogP contribution in [0, 0.1) is 0 Å². The van der Waals surface area contributed by atoms with E-state index < -0.39 is 11.8 Å². The highest BCUT2D eigenvalue weighted by atomic mass is 79.9. The van der Waals surface area contributed by atoms with Gasteiger partial charge < -0.3 is 9.47 Å². The fraction of sp³-hybridized carbons (Fsp3) is 0.250. The van der Waals surface area contributed by atoms with Gasteiger partial charge in [-0.1, -0.05) is 74.7 Å². The molecule has 0 fully saturated rings. The molecule has 2 amide bonds. The van der Waals surface area contributed by atoms with Gasteiger partial charge in [-0.15, -0.1) is 0 Å². The van der Waals surface area contributed by atoms with E-state index in [0.717, 1.165) is 24.0 Å². The predicted octanol–water partition coefficient (Wildman–Crippen LogP) is 5.79. The minimum atomic E-state index is -0.456. The van der Waals surface area contributed by atoms with Crippen molar-refractivity contribution in [1.82, 2.24) is 16.2 Å². The second-order valence-electron chi connectivity index (χ2n) is 8.16. The van der Waals surface area contributed by atoms with E-state index >= 15 is 0 Å². The molecule has 9 heteroatoms. The summed E-state index contributed by atoms with van der Waals surface area (Å²) in [7, 11) is 0. The van der Waals surface area contributed by atoms with E-state index in [9.17, 15) is 9.59 Å². The number of unbranched alkanes of at least 4 members (excludes halogenated alkanes) is 3. The summed E-state index contributed by atoms with van der Waals surface area (Å²) in [4.78, 5) is 24.8. The van der Waals surface area contributed by atoms with Crippen LogP contribution in [0.1, 0.15) is 43.0 Å². The first-order chi connectivity index (χ1) is 18.0. The zero-order chi connectivity index (χ0) is 26.5. The topological polar surface area (TPSA) is 88.7 Å². The first-order valence-electron chi connectivity index (χ1n) is 12.1. The standard InChI is InChI=1S/C28H30BrN3O4S/c1-2-3-4-10-17-35-25-16-15-21(18-23(25)29)27(34)30-28(37)32-31-26(33)19-36-24-14-9-8-13-22(24)20-11-6-5-7-12-20/h5-9,11-16,18H,2-4,10,17,19H2,1H3,(H,31,33)(H2,30,32,34,37). The molecule has 0 saturated heterocycles. The molecule has 0 atom stereocenters. The molecule has 3 N–H and O–H groups in total. The van der Waals surface area contributed by atoms with Crippen LogP contribution in [0.2, 0.25) is 0 Å². The van der Waals surface area contributed by atoms with E-state index in [1.807, 2.05) is 48.5 Å². The van der Waals surface area contributed by atoms with Gasteiger partial charge in [-0.25, -0.2) is 0 Å². The van der Waals surface area contributed by atoms with Gasteiger partial charge in [0.05, 0.1) is 11.1 Å². The number of thiocarbonyl (C=S) groups is 1. The summed E-state index contributed by atoms with van der Waals surface area (Å²) in [5, 5.41) is 2.49. The first-order valence-corrected chi connectivity index (χ1v) is 13.3. The smallest absolute Gasteiger partial charge is 0.276 e. The van der Waals surface area contributed by atoms with E-state index in [1.54, 1.807) is 24.3 Å². The summed E-state index contributed by atoms with van der Waals surface area (Å²) in [5.74, 6) is 0.381. The van der Waals surface area contributed by atoms with Crippen molar-refractivity contribution in [2.24, 2.45) is 0 Å². The molecule has 0 spiro atoms. The lowest BCUT2D eigenvalue weighted by atomic mass is 10.1. The molecule has 0 heterocycles. The third-order valence-corrected chi connectivity index (χ3v) is 6.15. The average molecular weight is 585 g/mol. The number of benzene rings is 3. The van der Waals surface area contributed by atoms with E-state index in [1.165, 1.54) is 12.8 Å². The lowest BCUT2D eigenvalue weighted by Crippen LogP contribution is -2.49. The molecular formula is C28H30BrN3O4S. The van der Waals surface area contributed by atoms with Gasteiger partial charge in [-0.2, -0.15) is 0 Å². The molecule has 0 aliphatic rings. The van der Waals surface area contributed by atoms with Crippen LogP contribution < -0.4 is 25.6 Å². The highest BCUT2D eigenvalue weighted by molar-refractivity contribution is 9.10. The Labute approximate surface area is 231 Å². The minimum Gasteiger partial charge on any atom is -0.492 e. The van der Waals surface area contributed by atoms with E-state index in [-0.39, 0.29) is 11.7 Å². The van der Waals surface area contributed by atoms with Crippen molar-refractivity contribution in [2.75, 3.05) is 13.2 Å². The minimum absolute atomic E-state index is 0.0459. The third kappa shape index (κ3) is 9.18. The lowest BCUT2D eigenvalue weighted by Gasteiger charge is -2.14. The number of halogens is 1. The summed E-state index contributed by atoms with van der Waals surface area (Å²) in [6, 6.07) is 22.3. The van der Waals surface area contributed by atoms with Gasteiger partial charge in [0.15, 0.2) is 11.7 Å². The average Bonchev–Trinajstić information content (AvgIpc) is 2.92. The number of carbonyl (C=O) groups is 2. The van der Waals surface area contributed by atoms with Crippen LogP contribution in [-0.2, 0) is 4.79 Å². The molecule has 3 aromatic carbocycles. The lowest BCUT2D eigenvalue weighted by molar-refractivity contribution is -0.123. The second kappa shape index (κ2) is 15.0. The van der Waals surface area contributed by atoms with E-state index in [0.29, 0.717) is 28.1 Å². The molecule has 0 saturated carbocycles. The van der Waals surface area contributed by atoms with Gasteiger partial charge in [0.2, 0.25) is 0 Å². The van der Waals surface area contributed by atoms with E-state index in [2.05, 4.69) is 39.0 Å². The van der Waals surface area contributed by atoms with Crippen molar-refractivity contribution in [2.45, 2.75) is 32.6 Å². The monoisotopic (exact) mass is 583 g/mol. The van der Waals surface area contributed by atoms with Crippen molar-refractivity contribution in [1.29, 1.82) is 0 Å². The number of para-hydroxylation sites is 1. The van der Waals surface area contributed by atoms with Crippen LogP contribution in [0.4, 0.5) is 0 Å². The molecule has 0 radical (unpaired) electrons. The number of hydrazine groups is 1. The molecule has 0 unspecified atom stereocenters. The van der Waals surface area contributed by atoms with Crippen molar-refractivity contribution in [3.8, 4) is 22.6 Å². The zero-order valence-corrected chi connectivity index (χ0v) is 23.0. The summed E-state index contributed by atoms with van der Waals surface area (Å²) in [6.07, 6.45) is 4.47. The maximum Gasteiger partial charge on any atom is 0.276 e. The highest BCUT2D eigenvalue weighted by Crippen LogP contribution is 2.29. The Kier molecular flexibility index (Phi) is 11.4. The van der Waals surface area contributed by atoms with Crippen LogP contribution >= 0.6 is 28.1 Å². The van der Waals surface area contributed by atoms with Gasteiger partial charge in [-0.05, 0) is 64.4 Å². The van der Waals surface area contributed by atoms with Crippen molar-refractivity contribution in [3.05, 3.63) is 82.8 Å². The van der Waals surface area contributed by atoms with Crippen LogP contribution in [0.25, 0.3) is 11.1 Å². The van der Waals surface area contributed by atoms with Gasteiger partial charge >= 0.3 is 0 Å². The normalized spacial score (nSPS) is 10.3. The second-order valence-corrected chi connectivity index (χ2v) is 9.42. The van der Waals surface area contributed by atoms with Gasteiger partial charge in [0.1, 0.15) is 11.5 Å². The Bertz CT molecular complexity index is 1210. The van der Waals surface area contributed by atoms with Gasteiger partial charge in [0, 0.05) is 11.1 Å². The Morgan fingerprint density at radius 3 is 2.38 bits per heavy atom. The molecule has 194 valence electrons. The molecular weight excluding hydrogens is 554 g/mol. The molecule has 3 aromatic rings. The van der Waals surface area contributed by atoms with Crippen LogP contribution in [0.15, 0.2) is 77.3 Å². The maximum atomic E-state index is 12.5. The Hall–Kier alpha value is -3.43. The zero-order valence-electron chi connectivity index (χ0n) is 20.6. The predicted molar refractivity (Wildman–Crippen MR) is 152 cm³/mol. The van der Waals surface area contributed by atoms with Gasteiger partial charge in [0.25, 0.3) is 11.8 Å². The Morgan fingerprint density at radius 2 is 1.62 bits per heavy atom. The van der Waals surface area contributed by atoms with Crippen LogP contribution in [-0.4, -0.2) is 30.1 Å². The Morgan fingerprint density at radius 1 is 0.865 bits per heavy atom. The number of nitrogens with one attached hydrogen (secondary N) is 3. The molecule has 37 heavy (non-hydrogen) atoms. The van der Waals surface area contributed by atoms with Crippen molar-refractivity contribution in [3.63, 3.8) is 0 Å². The number of rotatable bonds is 11. The molecule has 0 bridgehead atoms. The first kappa shape index (κ1) is 28.1. The maximum absolute atomic E-state index is 12.5. The fourth-order valence-electron chi connectivity index (χ4n) is 3.43. The number of ether oxygens (including phenoxy) is 2. The third-order valence-electron chi connectivity index (χ3n) is 5.32. The number of carbonyl (C=O) groups excluding carboxylic acids is 2. The summed E-state index contributed by atoms with van der Waals surface area (Å²) in [5.41, 5.74) is 7.20. The largest absolute Gasteiger partial charge is 0.492 e. The van der Waals surface area contributed by atoms with Crippen LogP contribution in [0.3, 0.4) is 0 Å². The number of hydrogen-bond donors (Lipinski definition) is 3. The number of amides is 2. The van der Waals surface area contributed by atoms with E-state index in [4.69, 9.17) is 21.7 Å². The van der Waals surface area contributed by atoms with Gasteiger partial charge in [-0.3, -0.25) is 25.8 Å². The quantitative estimate of drug-likeness (QED) is 0.150. The molecule has 3 rings (SSSR count). The fourth-order valence-corrected chi connectivity index (χ4v) is 4.07.